The lowest BCUT2D eigenvalue weighted by Crippen LogP contribution is -2.50. The number of methoxy groups -OCH3 is 1. The number of aromatic nitrogens is 4. The van der Waals surface area contributed by atoms with Crippen LogP contribution in [-0.4, -0.2) is 63.7 Å². The Bertz CT molecular complexity index is 1410. The van der Waals surface area contributed by atoms with E-state index in [1.165, 1.54) is 0 Å². The SMILES string of the molecule is COc1ccccc1-c1nnc2c3ccc(Cl)cc3nc(N3CCN(C(=O)C4CCCC4)CC3)n12. The van der Waals surface area contributed by atoms with Gasteiger partial charge in [0.15, 0.2) is 11.5 Å². The topological polar surface area (TPSA) is 75.9 Å². The molecule has 0 N–H and O–H groups in total. The van der Waals surface area contributed by atoms with Gasteiger partial charge in [-0.1, -0.05) is 36.6 Å². The zero-order valence-electron chi connectivity index (χ0n) is 19.7. The lowest BCUT2D eigenvalue weighted by Gasteiger charge is -2.36. The summed E-state index contributed by atoms with van der Waals surface area (Å²) < 4.78 is 7.62. The van der Waals surface area contributed by atoms with Gasteiger partial charge < -0.3 is 14.5 Å². The summed E-state index contributed by atoms with van der Waals surface area (Å²) in [5.74, 6) is 2.64. The molecule has 8 nitrogen and oxygen atoms in total. The molecule has 0 bridgehead atoms. The van der Waals surface area contributed by atoms with Crippen LogP contribution in [0.25, 0.3) is 27.9 Å². The molecule has 4 aromatic rings. The number of hydrogen-bond acceptors (Lipinski definition) is 6. The van der Waals surface area contributed by atoms with Gasteiger partial charge in [-0.05, 0) is 43.2 Å². The van der Waals surface area contributed by atoms with E-state index in [1.54, 1.807) is 7.11 Å². The molecule has 0 radical (unpaired) electrons. The molecule has 2 aromatic heterocycles. The number of amides is 1. The fourth-order valence-corrected chi connectivity index (χ4v) is 5.53. The lowest BCUT2D eigenvalue weighted by atomic mass is 10.1. The number of hydrogen-bond donors (Lipinski definition) is 0. The Morgan fingerprint density at radius 2 is 1.80 bits per heavy atom. The summed E-state index contributed by atoms with van der Waals surface area (Å²) in [5, 5.41) is 10.6. The first kappa shape index (κ1) is 22.1. The predicted molar refractivity (Wildman–Crippen MR) is 136 cm³/mol. The van der Waals surface area contributed by atoms with Gasteiger partial charge >= 0.3 is 0 Å². The van der Waals surface area contributed by atoms with Crippen molar-refractivity contribution >= 4 is 40.0 Å². The molecular formula is C26H27ClN6O2. The van der Waals surface area contributed by atoms with Crippen LogP contribution < -0.4 is 9.64 Å². The number of benzene rings is 2. The molecule has 1 aliphatic heterocycles. The zero-order valence-corrected chi connectivity index (χ0v) is 20.4. The number of ether oxygens (including phenoxy) is 1. The van der Waals surface area contributed by atoms with Crippen LogP contribution in [0.1, 0.15) is 25.7 Å². The Balaban J connectivity index is 1.43. The molecule has 1 amide bonds. The summed E-state index contributed by atoms with van der Waals surface area (Å²) >= 11 is 6.31. The summed E-state index contributed by atoms with van der Waals surface area (Å²) in [7, 11) is 1.65. The van der Waals surface area contributed by atoms with E-state index in [2.05, 4.69) is 15.1 Å². The highest BCUT2D eigenvalue weighted by Gasteiger charge is 2.31. The van der Waals surface area contributed by atoms with Gasteiger partial charge in [0.2, 0.25) is 11.9 Å². The molecule has 9 heteroatoms. The van der Waals surface area contributed by atoms with E-state index < -0.39 is 0 Å². The molecule has 0 spiro atoms. The lowest BCUT2D eigenvalue weighted by molar-refractivity contribution is -0.135. The third kappa shape index (κ3) is 3.86. The van der Waals surface area contributed by atoms with Gasteiger partial charge in [-0.15, -0.1) is 10.2 Å². The maximum absolute atomic E-state index is 13.0. The predicted octanol–water partition coefficient (Wildman–Crippen LogP) is 4.45. The second-order valence-electron chi connectivity index (χ2n) is 9.25. The second-order valence-corrected chi connectivity index (χ2v) is 9.69. The molecule has 1 aliphatic carbocycles. The number of para-hydroxylation sites is 1. The van der Waals surface area contributed by atoms with Gasteiger partial charge in [-0.25, -0.2) is 9.38 Å². The quantitative estimate of drug-likeness (QED) is 0.421. The van der Waals surface area contributed by atoms with Crippen LogP contribution in [-0.2, 0) is 4.79 Å². The smallest absolute Gasteiger partial charge is 0.225 e. The summed E-state index contributed by atoms with van der Waals surface area (Å²) in [5.41, 5.74) is 2.32. The fraction of sp³-hybridized carbons (Fsp3) is 0.385. The minimum atomic E-state index is 0.198. The molecule has 35 heavy (non-hydrogen) atoms. The molecule has 0 atom stereocenters. The van der Waals surface area contributed by atoms with Crippen LogP contribution >= 0.6 is 11.6 Å². The Labute approximate surface area is 208 Å². The monoisotopic (exact) mass is 490 g/mol. The van der Waals surface area contributed by atoms with Gasteiger partial charge in [-0.2, -0.15) is 0 Å². The van der Waals surface area contributed by atoms with Crippen LogP contribution in [0.15, 0.2) is 42.5 Å². The molecule has 1 saturated carbocycles. The Morgan fingerprint density at radius 3 is 2.57 bits per heavy atom. The standard InChI is InChI=1S/C26H27ClN6O2/c1-35-22-9-5-4-8-20(22)24-30-29-23-19-11-10-18(27)16-21(19)28-26(33(23)24)32-14-12-31(13-15-32)25(34)17-6-2-3-7-17/h4-5,8-11,16-17H,2-3,6-7,12-15H2,1H3. The Kier molecular flexibility index (Phi) is 5.68. The first-order valence-corrected chi connectivity index (χ1v) is 12.5. The Morgan fingerprint density at radius 1 is 1.03 bits per heavy atom. The van der Waals surface area contributed by atoms with E-state index in [0.717, 1.165) is 53.8 Å². The van der Waals surface area contributed by atoms with Crippen LogP contribution in [0.3, 0.4) is 0 Å². The van der Waals surface area contributed by atoms with Crippen molar-refractivity contribution < 1.29 is 9.53 Å². The zero-order chi connectivity index (χ0) is 23.9. The minimum absolute atomic E-state index is 0.198. The molecule has 1 saturated heterocycles. The highest BCUT2D eigenvalue weighted by atomic mass is 35.5. The van der Waals surface area contributed by atoms with E-state index in [4.69, 9.17) is 21.3 Å². The van der Waals surface area contributed by atoms with Crippen molar-refractivity contribution in [3.05, 3.63) is 47.5 Å². The van der Waals surface area contributed by atoms with Gasteiger partial charge in [0.25, 0.3) is 0 Å². The maximum atomic E-state index is 13.0. The van der Waals surface area contributed by atoms with E-state index in [9.17, 15) is 4.79 Å². The number of nitrogens with zero attached hydrogens (tertiary/aromatic N) is 6. The van der Waals surface area contributed by atoms with Crippen LogP contribution in [0.2, 0.25) is 5.02 Å². The largest absolute Gasteiger partial charge is 0.496 e. The summed E-state index contributed by atoms with van der Waals surface area (Å²) in [4.78, 5) is 22.2. The number of carbonyl (C=O) groups is 1. The van der Waals surface area contributed by atoms with E-state index in [-0.39, 0.29) is 5.92 Å². The van der Waals surface area contributed by atoms with Crippen LogP contribution in [0.4, 0.5) is 5.95 Å². The fourth-order valence-electron chi connectivity index (χ4n) is 5.37. The first-order chi connectivity index (χ1) is 17.1. The van der Waals surface area contributed by atoms with Crippen molar-refractivity contribution in [2.75, 3.05) is 38.2 Å². The van der Waals surface area contributed by atoms with Crippen LogP contribution in [0.5, 0.6) is 5.75 Å². The highest BCUT2D eigenvalue weighted by molar-refractivity contribution is 6.31. The van der Waals surface area contributed by atoms with Crippen molar-refractivity contribution in [3.8, 4) is 17.1 Å². The van der Waals surface area contributed by atoms with Gasteiger partial charge in [0, 0.05) is 42.5 Å². The maximum Gasteiger partial charge on any atom is 0.225 e. The molecule has 0 unspecified atom stereocenters. The molecule has 6 rings (SSSR count). The van der Waals surface area contributed by atoms with Crippen molar-refractivity contribution in [3.63, 3.8) is 0 Å². The van der Waals surface area contributed by atoms with E-state index in [0.29, 0.717) is 48.6 Å². The molecule has 2 fully saturated rings. The Hall–Kier alpha value is -3.39. The van der Waals surface area contributed by atoms with Gasteiger partial charge in [0.05, 0.1) is 18.2 Å². The van der Waals surface area contributed by atoms with Gasteiger partial charge in [0.1, 0.15) is 5.75 Å². The van der Waals surface area contributed by atoms with E-state index >= 15 is 0 Å². The van der Waals surface area contributed by atoms with Crippen molar-refractivity contribution in [2.24, 2.45) is 5.92 Å². The number of rotatable bonds is 4. The summed E-state index contributed by atoms with van der Waals surface area (Å²) in [6.07, 6.45) is 4.37. The number of piperazine rings is 1. The number of anilines is 1. The van der Waals surface area contributed by atoms with Crippen LogP contribution in [0, 0.1) is 5.92 Å². The normalized spacial score (nSPS) is 17.0. The van der Waals surface area contributed by atoms with Crippen molar-refractivity contribution in [2.45, 2.75) is 25.7 Å². The minimum Gasteiger partial charge on any atom is -0.496 e. The number of fused-ring (bicyclic) bond motifs is 3. The van der Waals surface area contributed by atoms with Crippen molar-refractivity contribution in [1.82, 2.24) is 24.5 Å². The summed E-state index contributed by atoms with van der Waals surface area (Å²) in [6.45, 7) is 2.74. The highest BCUT2D eigenvalue weighted by Crippen LogP contribution is 2.34. The molecule has 2 aliphatic rings. The molecule has 2 aromatic carbocycles. The number of halogens is 1. The molecule has 3 heterocycles. The molecular weight excluding hydrogens is 464 g/mol. The number of carbonyl (C=O) groups excluding carboxylic acids is 1. The average Bonchev–Trinajstić information content (AvgIpc) is 3.59. The molecule has 180 valence electrons. The van der Waals surface area contributed by atoms with Gasteiger partial charge in [-0.3, -0.25) is 4.79 Å². The third-order valence-corrected chi connectivity index (χ3v) is 7.45. The third-order valence-electron chi connectivity index (χ3n) is 7.21. The second kappa shape index (κ2) is 9.00. The first-order valence-electron chi connectivity index (χ1n) is 12.2. The van der Waals surface area contributed by atoms with E-state index in [1.807, 2.05) is 51.8 Å². The average molecular weight is 491 g/mol. The van der Waals surface area contributed by atoms with Crippen molar-refractivity contribution in [1.29, 1.82) is 0 Å². The summed E-state index contributed by atoms with van der Waals surface area (Å²) in [6, 6.07) is 13.4.